The monoisotopic (exact) mass is 309 g/mol. The summed E-state index contributed by atoms with van der Waals surface area (Å²) in [4.78, 5) is 16.7. The highest BCUT2D eigenvalue weighted by Gasteiger charge is 2.38. The maximum absolute atomic E-state index is 12.0. The summed E-state index contributed by atoms with van der Waals surface area (Å²) in [5.74, 6) is 0.958. The Labute approximate surface area is 134 Å². The van der Waals surface area contributed by atoms with E-state index in [0.29, 0.717) is 17.9 Å². The van der Waals surface area contributed by atoms with E-state index in [1.165, 1.54) is 0 Å². The predicted molar refractivity (Wildman–Crippen MR) is 86.8 cm³/mol. The maximum Gasteiger partial charge on any atom is 0.222 e. The summed E-state index contributed by atoms with van der Waals surface area (Å²) in [5, 5.41) is 3.43. The zero-order valence-electron chi connectivity index (χ0n) is 14.1. The van der Waals surface area contributed by atoms with Crippen molar-refractivity contribution in [3.8, 4) is 0 Å². The number of piperidine rings is 2. The molecule has 1 spiro atoms. The van der Waals surface area contributed by atoms with Crippen LogP contribution in [0.3, 0.4) is 0 Å². The molecule has 5 heteroatoms. The van der Waals surface area contributed by atoms with Crippen LogP contribution in [0.1, 0.15) is 39.5 Å². The van der Waals surface area contributed by atoms with Crippen molar-refractivity contribution in [2.75, 3.05) is 45.9 Å². The number of carbonyl (C=O) groups is 1. The van der Waals surface area contributed by atoms with Gasteiger partial charge < -0.3 is 15.0 Å². The van der Waals surface area contributed by atoms with Gasteiger partial charge in [0.1, 0.15) is 0 Å². The first-order chi connectivity index (χ1) is 10.6. The van der Waals surface area contributed by atoms with Gasteiger partial charge in [-0.25, -0.2) is 0 Å². The quantitative estimate of drug-likeness (QED) is 0.847. The standard InChI is InChI=1S/C17H31N3O2/c1-14(2)20-12-15(3-4-16(20)21)11-19-9-10-22-17(13-19)5-7-18-8-6-17/h14-15,18H,3-13H2,1-2H3. The van der Waals surface area contributed by atoms with Crippen molar-refractivity contribution >= 4 is 5.91 Å². The van der Waals surface area contributed by atoms with Crippen LogP contribution in [0.15, 0.2) is 0 Å². The molecule has 3 fully saturated rings. The molecule has 3 aliphatic rings. The van der Waals surface area contributed by atoms with Gasteiger partial charge in [-0.1, -0.05) is 0 Å². The molecule has 0 aliphatic carbocycles. The third-order valence-electron chi connectivity index (χ3n) is 5.52. The number of ether oxygens (including phenoxy) is 1. The van der Waals surface area contributed by atoms with Crippen LogP contribution in [-0.2, 0) is 9.53 Å². The zero-order chi connectivity index (χ0) is 15.6. The van der Waals surface area contributed by atoms with E-state index in [1.807, 2.05) is 0 Å². The topological polar surface area (TPSA) is 44.8 Å². The number of rotatable bonds is 3. The van der Waals surface area contributed by atoms with Crippen molar-refractivity contribution in [3.05, 3.63) is 0 Å². The summed E-state index contributed by atoms with van der Waals surface area (Å²) in [7, 11) is 0. The summed E-state index contributed by atoms with van der Waals surface area (Å²) in [5.41, 5.74) is 0.0890. The number of morpholine rings is 1. The van der Waals surface area contributed by atoms with Crippen LogP contribution >= 0.6 is 0 Å². The number of amides is 1. The highest BCUT2D eigenvalue weighted by molar-refractivity contribution is 5.77. The largest absolute Gasteiger partial charge is 0.372 e. The van der Waals surface area contributed by atoms with Gasteiger partial charge in [-0.3, -0.25) is 9.69 Å². The Morgan fingerprint density at radius 1 is 1.36 bits per heavy atom. The predicted octanol–water partition coefficient (Wildman–Crippen LogP) is 1.09. The number of hydrogen-bond donors (Lipinski definition) is 1. The average Bonchev–Trinajstić information content (AvgIpc) is 2.50. The second kappa shape index (κ2) is 6.85. The van der Waals surface area contributed by atoms with E-state index in [0.717, 1.165) is 71.6 Å². The van der Waals surface area contributed by atoms with E-state index in [4.69, 9.17) is 4.74 Å². The highest BCUT2D eigenvalue weighted by Crippen LogP contribution is 2.29. The first-order valence-corrected chi connectivity index (χ1v) is 8.94. The third-order valence-corrected chi connectivity index (χ3v) is 5.52. The first kappa shape index (κ1) is 16.2. The van der Waals surface area contributed by atoms with Crippen molar-refractivity contribution in [3.63, 3.8) is 0 Å². The Bertz CT molecular complexity index is 388. The van der Waals surface area contributed by atoms with Crippen LogP contribution in [-0.4, -0.2) is 73.2 Å². The van der Waals surface area contributed by atoms with Crippen molar-refractivity contribution in [1.82, 2.24) is 15.1 Å². The van der Waals surface area contributed by atoms with Crippen LogP contribution in [0.25, 0.3) is 0 Å². The average molecular weight is 309 g/mol. The molecule has 0 saturated carbocycles. The highest BCUT2D eigenvalue weighted by atomic mass is 16.5. The molecular weight excluding hydrogens is 278 g/mol. The lowest BCUT2D eigenvalue weighted by molar-refractivity contribution is -0.140. The Hall–Kier alpha value is -0.650. The van der Waals surface area contributed by atoms with Crippen molar-refractivity contribution in [2.24, 2.45) is 5.92 Å². The van der Waals surface area contributed by atoms with E-state index in [2.05, 4.69) is 29.0 Å². The molecule has 3 aliphatic heterocycles. The van der Waals surface area contributed by atoms with E-state index in [9.17, 15) is 4.79 Å². The summed E-state index contributed by atoms with van der Waals surface area (Å²) in [6.45, 7) is 11.4. The lowest BCUT2D eigenvalue weighted by atomic mass is 9.89. The fraction of sp³-hybridized carbons (Fsp3) is 0.941. The lowest BCUT2D eigenvalue weighted by Crippen LogP contribution is -2.57. The van der Waals surface area contributed by atoms with Gasteiger partial charge in [0.15, 0.2) is 0 Å². The van der Waals surface area contributed by atoms with E-state index >= 15 is 0 Å². The summed E-state index contributed by atoms with van der Waals surface area (Å²) in [6.07, 6.45) is 4.03. The molecule has 3 heterocycles. The fourth-order valence-corrected chi connectivity index (χ4v) is 4.22. The molecule has 22 heavy (non-hydrogen) atoms. The molecule has 0 aromatic heterocycles. The Morgan fingerprint density at radius 2 is 2.14 bits per heavy atom. The SMILES string of the molecule is CC(C)N1CC(CN2CCOC3(CCNCC3)C2)CCC1=O. The minimum Gasteiger partial charge on any atom is -0.372 e. The smallest absolute Gasteiger partial charge is 0.222 e. The molecular formula is C17H31N3O2. The number of likely N-dealkylation sites (tertiary alicyclic amines) is 1. The fourth-order valence-electron chi connectivity index (χ4n) is 4.22. The Balaban J connectivity index is 1.55. The molecule has 0 radical (unpaired) electrons. The summed E-state index contributed by atoms with van der Waals surface area (Å²) in [6, 6.07) is 0.329. The van der Waals surface area contributed by atoms with E-state index in [1.54, 1.807) is 0 Å². The van der Waals surface area contributed by atoms with Crippen molar-refractivity contribution in [2.45, 2.75) is 51.2 Å². The van der Waals surface area contributed by atoms with Crippen molar-refractivity contribution in [1.29, 1.82) is 0 Å². The summed E-state index contributed by atoms with van der Waals surface area (Å²) >= 11 is 0. The molecule has 3 saturated heterocycles. The van der Waals surface area contributed by atoms with Crippen LogP contribution in [0.2, 0.25) is 0 Å². The molecule has 1 atom stereocenters. The number of nitrogens with zero attached hydrogens (tertiary/aromatic N) is 2. The molecule has 1 unspecified atom stereocenters. The molecule has 1 N–H and O–H groups in total. The second-order valence-electron chi connectivity index (χ2n) is 7.56. The van der Waals surface area contributed by atoms with Gasteiger partial charge in [0, 0.05) is 38.6 Å². The maximum atomic E-state index is 12.0. The first-order valence-electron chi connectivity index (χ1n) is 8.94. The normalized spacial score (nSPS) is 30.2. The number of nitrogens with one attached hydrogen (secondary N) is 1. The van der Waals surface area contributed by atoms with Gasteiger partial charge in [-0.2, -0.15) is 0 Å². The van der Waals surface area contributed by atoms with Crippen LogP contribution in [0.5, 0.6) is 0 Å². The van der Waals surface area contributed by atoms with Gasteiger partial charge in [0.25, 0.3) is 0 Å². The molecule has 0 aromatic rings. The molecule has 1 amide bonds. The second-order valence-corrected chi connectivity index (χ2v) is 7.56. The zero-order valence-corrected chi connectivity index (χ0v) is 14.1. The Kier molecular flexibility index (Phi) is 5.05. The summed E-state index contributed by atoms with van der Waals surface area (Å²) < 4.78 is 6.16. The minimum atomic E-state index is 0.0890. The minimum absolute atomic E-state index is 0.0890. The number of hydrogen-bond acceptors (Lipinski definition) is 4. The molecule has 126 valence electrons. The van der Waals surface area contributed by atoms with E-state index in [-0.39, 0.29) is 5.60 Å². The van der Waals surface area contributed by atoms with Gasteiger partial charge in [-0.05, 0) is 52.1 Å². The van der Waals surface area contributed by atoms with Crippen LogP contribution in [0, 0.1) is 5.92 Å². The van der Waals surface area contributed by atoms with Crippen LogP contribution < -0.4 is 5.32 Å². The number of carbonyl (C=O) groups excluding carboxylic acids is 1. The molecule has 0 bridgehead atoms. The van der Waals surface area contributed by atoms with Gasteiger partial charge in [-0.15, -0.1) is 0 Å². The van der Waals surface area contributed by atoms with E-state index < -0.39 is 0 Å². The van der Waals surface area contributed by atoms with Gasteiger partial charge >= 0.3 is 0 Å². The van der Waals surface area contributed by atoms with Crippen molar-refractivity contribution < 1.29 is 9.53 Å². The lowest BCUT2D eigenvalue weighted by Gasteiger charge is -2.46. The third kappa shape index (κ3) is 3.63. The van der Waals surface area contributed by atoms with Gasteiger partial charge in [0.2, 0.25) is 5.91 Å². The van der Waals surface area contributed by atoms with Gasteiger partial charge in [0.05, 0.1) is 12.2 Å². The molecule has 5 nitrogen and oxygen atoms in total. The molecule has 0 aromatic carbocycles. The Morgan fingerprint density at radius 3 is 2.86 bits per heavy atom. The molecule has 3 rings (SSSR count). The van der Waals surface area contributed by atoms with Crippen LogP contribution in [0.4, 0.5) is 0 Å².